The average Bonchev–Trinajstić information content (AvgIpc) is 2.96. The van der Waals surface area contributed by atoms with E-state index in [1.807, 2.05) is 35.7 Å². The second-order valence-corrected chi connectivity index (χ2v) is 6.42. The Balaban J connectivity index is 2.02. The molecule has 0 spiro atoms. The smallest absolute Gasteiger partial charge is 0.228 e. The summed E-state index contributed by atoms with van der Waals surface area (Å²) < 4.78 is 0. The molecular weight excluding hydrogens is 296 g/mol. The summed E-state index contributed by atoms with van der Waals surface area (Å²) >= 11 is 1.60. The van der Waals surface area contributed by atoms with Gasteiger partial charge in [0.2, 0.25) is 5.91 Å². The molecule has 2 rings (SSSR count). The summed E-state index contributed by atoms with van der Waals surface area (Å²) in [5.74, 6) is 0.380. The van der Waals surface area contributed by atoms with Crippen LogP contribution in [0.2, 0.25) is 0 Å². The lowest BCUT2D eigenvalue weighted by Crippen LogP contribution is -2.34. The summed E-state index contributed by atoms with van der Waals surface area (Å²) in [6.07, 6.45) is 0.288. The first-order valence-corrected chi connectivity index (χ1v) is 8.35. The van der Waals surface area contributed by atoms with Gasteiger partial charge in [-0.15, -0.1) is 11.3 Å². The number of hydrogen-bond acceptors (Lipinski definition) is 4. The van der Waals surface area contributed by atoms with Gasteiger partial charge in [0.05, 0.1) is 23.7 Å². The highest BCUT2D eigenvalue weighted by Gasteiger charge is 2.16. The number of carbonyl (C=O) groups is 1. The van der Waals surface area contributed by atoms with Crippen molar-refractivity contribution in [1.29, 1.82) is 0 Å². The van der Waals surface area contributed by atoms with Crippen LogP contribution in [0.5, 0.6) is 0 Å². The molecule has 22 heavy (non-hydrogen) atoms. The Labute approximate surface area is 135 Å². The van der Waals surface area contributed by atoms with Crippen LogP contribution in [0.3, 0.4) is 0 Å². The molecule has 0 aliphatic carbocycles. The van der Waals surface area contributed by atoms with E-state index >= 15 is 0 Å². The summed E-state index contributed by atoms with van der Waals surface area (Å²) in [5, 5.41) is 12.2. The Kier molecular flexibility index (Phi) is 6.10. The maximum atomic E-state index is 12.5. The van der Waals surface area contributed by atoms with E-state index in [1.54, 1.807) is 16.2 Å². The minimum Gasteiger partial charge on any atom is -0.395 e. The van der Waals surface area contributed by atoms with Gasteiger partial charge in [0.25, 0.3) is 0 Å². The first-order valence-electron chi connectivity index (χ1n) is 7.47. The molecule has 0 aliphatic rings. The predicted octanol–water partition coefficient (Wildman–Crippen LogP) is 2.83. The number of aliphatic hydroxyl groups is 1. The molecule has 0 saturated heterocycles. The normalized spacial score (nSPS) is 10.9. The van der Waals surface area contributed by atoms with Crippen LogP contribution in [-0.4, -0.2) is 34.0 Å². The van der Waals surface area contributed by atoms with Crippen molar-refractivity contribution in [2.24, 2.45) is 0 Å². The van der Waals surface area contributed by atoms with Crippen LogP contribution in [0, 0.1) is 0 Å². The number of aromatic nitrogens is 1. The Morgan fingerprint density at radius 1 is 1.32 bits per heavy atom. The molecule has 0 bridgehead atoms. The predicted molar refractivity (Wildman–Crippen MR) is 88.9 cm³/mol. The third-order valence-electron chi connectivity index (χ3n) is 3.33. The lowest BCUT2D eigenvalue weighted by molar-refractivity contribution is -0.131. The molecule has 2 aromatic rings. The molecule has 1 heterocycles. The number of amides is 1. The van der Waals surface area contributed by atoms with Gasteiger partial charge in [-0.3, -0.25) is 4.79 Å². The highest BCUT2D eigenvalue weighted by molar-refractivity contribution is 7.09. The molecule has 118 valence electrons. The van der Waals surface area contributed by atoms with Gasteiger partial charge in [-0.05, 0) is 5.56 Å². The third-order valence-corrected chi connectivity index (χ3v) is 4.53. The monoisotopic (exact) mass is 318 g/mol. The van der Waals surface area contributed by atoms with Gasteiger partial charge >= 0.3 is 0 Å². The van der Waals surface area contributed by atoms with E-state index in [2.05, 4.69) is 18.8 Å². The molecule has 0 aliphatic heterocycles. The fourth-order valence-electron chi connectivity index (χ4n) is 2.15. The summed E-state index contributed by atoms with van der Waals surface area (Å²) in [6, 6.07) is 9.82. The summed E-state index contributed by atoms with van der Waals surface area (Å²) in [4.78, 5) is 18.7. The van der Waals surface area contributed by atoms with Crippen molar-refractivity contribution in [2.45, 2.75) is 32.7 Å². The standard InChI is InChI=1S/C17H22N2O2S/c1-13(2)17-18-15(12-22-17)10-16(21)19(8-9-20)11-14-6-4-3-5-7-14/h3-7,12-13,20H,8-11H2,1-2H3. The molecule has 0 unspecified atom stereocenters. The van der Waals surface area contributed by atoms with E-state index in [1.165, 1.54) is 0 Å². The van der Waals surface area contributed by atoms with Gasteiger partial charge in [0, 0.05) is 24.4 Å². The number of nitrogens with zero attached hydrogens (tertiary/aromatic N) is 2. The number of carbonyl (C=O) groups excluding carboxylic acids is 1. The van der Waals surface area contributed by atoms with Crippen LogP contribution in [0.15, 0.2) is 35.7 Å². The number of aliphatic hydroxyl groups excluding tert-OH is 1. The maximum absolute atomic E-state index is 12.5. The van der Waals surface area contributed by atoms with Crippen molar-refractivity contribution in [2.75, 3.05) is 13.2 Å². The minimum atomic E-state index is -0.0348. The molecular formula is C17H22N2O2S. The van der Waals surface area contributed by atoms with Crippen LogP contribution in [-0.2, 0) is 17.8 Å². The van der Waals surface area contributed by atoms with Crippen LogP contribution < -0.4 is 0 Å². The number of rotatable bonds is 7. The van der Waals surface area contributed by atoms with E-state index in [0.717, 1.165) is 16.3 Å². The summed E-state index contributed by atoms with van der Waals surface area (Å²) in [7, 11) is 0. The van der Waals surface area contributed by atoms with Crippen molar-refractivity contribution in [3.8, 4) is 0 Å². The van der Waals surface area contributed by atoms with Crippen LogP contribution in [0.25, 0.3) is 0 Å². The zero-order chi connectivity index (χ0) is 15.9. The average molecular weight is 318 g/mol. The molecule has 4 nitrogen and oxygen atoms in total. The molecule has 1 N–H and O–H groups in total. The maximum Gasteiger partial charge on any atom is 0.228 e. The minimum absolute atomic E-state index is 0.00138. The number of benzene rings is 1. The van der Waals surface area contributed by atoms with E-state index < -0.39 is 0 Å². The molecule has 1 amide bonds. The summed E-state index contributed by atoms with van der Waals surface area (Å²) in [6.45, 7) is 5.01. The van der Waals surface area contributed by atoms with Crippen molar-refractivity contribution < 1.29 is 9.90 Å². The fraction of sp³-hybridized carbons (Fsp3) is 0.412. The number of thiazole rings is 1. The highest BCUT2D eigenvalue weighted by atomic mass is 32.1. The largest absolute Gasteiger partial charge is 0.395 e. The second kappa shape index (κ2) is 8.06. The molecule has 0 radical (unpaired) electrons. The van der Waals surface area contributed by atoms with Crippen LogP contribution >= 0.6 is 11.3 Å². The van der Waals surface area contributed by atoms with Gasteiger partial charge in [0.1, 0.15) is 0 Å². The Morgan fingerprint density at radius 3 is 2.64 bits per heavy atom. The fourth-order valence-corrected chi connectivity index (χ4v) is 2.99. The second-order valence-electron chi connectivity index (χ2n) is 5.53. The van der Waals surface area contributed by atoms with Gasteiger partial charge in [0.15, 0.2) is 0 Å². The Hall–Kier alpha value is -1.72. The Morgan fingerprint density at radius 2 is 2.05 bits per heavy atom. The van der Waals surface area contributed by atoms with Gasteiger partial charge in [-0.25, -0.2) is 4.98 Å². The number of hydrogen-bond donors (Lipinski definition) is 1. The van der Waals surface area contributed by atoms with E-state index in [9.17, 15) is 9.90 Å². The molecule has 0 saturated carbocycles. The zero-order valence-corrected chi connectivity index (χ0v) is 13.8. The van der Waals surface area contributed by atoms with Gasteiger partial charge in [-0.1, -0.05) is 44.2 Å². The lowest BCUT2D eigenvalue weighted by atomic mass is 10.2. The molecule has 0 atom stereocenters. The quantitative estimate of drug-likeness (QED) is 0.854. The lowest BCUT2D eigenvalue weighted by Gasteiger charge is -2.21. The third kappa shape index (κ3) is 4.64. The summed E-state index contributed by atoms with van der Waals surface area (Å²) in [5.41, 5.74) is 1.88. The van der Waals surface area contributed by atoms with Crippen molar-refractivity contribution in [3.63, 3.8) is 0 Å². The first kappa shape index (κ1) is 16.6. The zero-order valence-electron chi connectivity index (χ0n) is 13.0. The first-order chi connectivity index (χ1) is 10.6. The van der Waals surface area contributed by atoms with Crippen molar-refractivity contribution in [3.05, 3.63) is 52.0 Å². The van der Waals surface area contributed by atoms with Crippen molar-refractivity contribution in [1.82, 2.24) is 9.88 Å². The molecule has 1 aromatic carbocycles. The van der Waals surface area contributed by atoms with Gasteiger partial charge in [-0.2, -0.15) is 0 Å². The molecule has 0 fully saturated rings. The molecule has 5 heteroatoms. The van der Waals surface area contributed by atoms with E-state index in [-0.39, 0.29) is 18.9 Å². The SMILES string of the molecule is CC(C)c1nc(CC(=O)N(CCO)Cc2ccccc2)cs1. The molecule has 1 aromatic heterocycles. The van der Waals surface area contributed by atoms with Crippen molar-refractivity contribution >= 4 is 17.2 Å². The Bertz CT molecular complexity index is 596. The van der Waals surface area contributed by atoms with Crippen LogP contribution in [0.4, 0.5) is 0 Å². The topological polar surface area (TPSA) is 53.4 Å². The van der Waals surface area contributed by atoms with E-state index in [4.69, 9.17) is 0 Å². The van der Waals surface area contributed by atoms with Gasteiger partial charge < -0.3 is 10.0 Å². The van der Waals surface area contributed by atoms with E-state index in [0.29, 0.717) is 19.0 Å². The highest BCUT2D eigenvalue weighted by Crippen LogP contribution is 2.20. The van der Waals surface area contributed by atoms with Crippen LogP contribution in [0.1, 0.15) is 36.0 Å².